The molecule has 0 saturated heterocycles. The van der Waals surface area contributed by atoms with Crippen LogP contribution in [-0.2, 0) is 21.0 Å². The van der Waals surface area contributed by atoms with Crippen molar-refractivity contribution >= 4 is 44.1 Å². The number of nitrogens with one attached hydrogen (secondary N) is 2. The Labute approximate surface area is 168 Å². The minimum Gasteiger partial charge on any atom is -0.324 e. The first kappa shape index (κ1) is 21.0. The molecule has 6 nitrogen and oxygen atoms in total. The predicted octanol–water partition coefficient (Wildman–Crippen LogP) is 3.82. The number of alkyl halides is 3. The van der Waals surface area contributed by atoms with Gasteiger partial charge < -0.3 is 5.32 Å². The monoisotopic (exact) mass is 443 g/mol. The molecule has 3 rings (SSSR count). The molecule has 0 aliphatic rings. The number of carbonyl (C=O) groups excluding carboxylic acids is 1. The zero-order valence-corrected chi connectivity index (χ0v) is 16.1. The molecule has 1 heterocycles. The van der Waals surface area contributed by atoms with E-state index in [0.717, 1.165) is 12.1 Å². The van der Waals surface area contributed by atoms with Crippen LogP contribution in [0.1, 0.15) is 5.56 Å². The van der Waals surface area contributed by atoms with Gasteiger partial charge >= 0.3 is 6.18 Å². The van der Waals surface area contributed by atoms with E-state index in [4.69, 9.17) is 11.6 Å². The van der Waals surface area contributed by atoms with Crippen LogP contribution < -0.4 is 10.0 Å². The van der Waals surface area contributed by atoms with Gasteiger partial charge in [-0.05, 0) is 42.5 Å². The lowest BCUT2D eigenvalue weighted by atomic mass is 10.2. The molecule has 11 heteroatoms. The Morgan fingerprint density at radius 2 is 1.86 bits per heavy atom. The molecule has 29 heavy (non-hydrogen) atoms. The number of rotatable bonds is 5. The number of aromatic nitrogens is 1. The summed E-state index contributed by atoms with van der Waals surface area (Å²) in [5.41, 5.74) is -0.230. The minimum atomic E-state index is -4.82. The molecule has 3 aromatic rings. The van der Waals surface area contributed by atoms with E-state index in [-0.39, 0.29) is 0 Å². The number of benzene rings is 2. The van der Waals surface area contributed by atoms with Gasteiger partial charge in [-0.15, -0.1) is 0 Å². The maximum Gasteiger partial charge on any atom is 0.417 e. The fourth-order valence-electron chi connectivity index (χ4n) is 2.54. The molecule has 0 aliphatic heterocycles. The summed E-state index contributed by atoms with van der Waals surface area (Å²) in [5, 5.41) is 2.57. The first-order chi connectivity index (χ1) is 13.6. The molecule has 0 atom stereocenters. The van der Waals surface area contributed by atoms with Crippen LogP contribution in [0.25, 0.3) is 10.9 Å². The SMILES string of the molecule is O=C(CNS(=O)(=O)c1ccc(Cl)c(C(F)(F)F)c1)Nc1cccc2ncccc12. The van der Waals surface area contributed by atoms with E-state index in [1.165, 1.54) is 0 Å². The lowest BCUT2D eigenvalue weighted by Gasteiger charge is -2.12. The molecular formula is C18H13ClF3N3O3S. The molecule has 0 aliphatic carbocycles. The average Bonchev–Trinajstić information content (AvgIpc) is 2.66. The molecule has 0 bridgehead atoms. The van der Waals surface area contributed by atoms with Crippen LogP contribution in [0, 0.1) is 0 Å². The standard InChI is InChI=1S/C18H13ClF3N3O3S/c19-14-7-6-11(9-13(14)18(20,21)22)29(27,28)24-10-17(26)25-16-5-1-4-15-12(16)3-2-8-23-15/h1-9,24H,10H2,(H,25,26). The van der Waals surface area contributed by atoms with Crippen LogP contribution in [0.5, 0.6) is 0 Å². The highest BCUT2D eigenvalue weighted by molar-refractivity contribution is 7.89. The number of nitrogens with zero attached hydrogens (tertiary/aromatic N) is 1. The summed E-state index contributed by atoms with van der Waals surface area (Å²) >= 11 is 5.49. The van der Waals surface area contributed by atoms with E-state index >= 15 is 0 Å². The zero-order valence-electron chi connectivity index (χ0n) is 14.5. The fourth-order valence-corrected chi connectivity index (χ4v) is 3.77. The van der Waals surface area contributed by atoms with Crippen LogP contribution >= 0.6 is 11.6 Å². The quantitative estimate of drug-likeness (QED) is 0.627. The van der Waals surface area contributed by atoms with E-state index < -0.39 is 44.1 Å². The Bertz CT molecular complexity index is 1180. The van der Waals surface area contributed by atoms with Gasteiger partial charge in [0.2, 0.25) is 15.9 Å². The van der Waals surface area contributed by atoms with Gasteiger partial charge in [0.1, 0.15) is 0 Å². The van der Waals surface area contributed by atoms with Gasteiger partial charge in [0.15, 0.2) is 0 Å². The van der Waals surface area contributed by atoms with E-state index in [1.807, 2.05) is 4.72 Å². The summed E-state index contributed by atoms with van der Waals surface area (Å²) in [7, 11) is -4.37. The third-order valence-corrected chi connectivity index (χ3v) is 5.62. The van der Waals surface area contributed by atoms with Gasteiger partial charge in [-0.25, -0.2) is 13.1 Å². The molecule has 0 fully saturated rings. The lowest BCUT2D eigenvalue weighted by molar-refractivity contribution is -0.137. The third kappa shape index (κ3) is 4.84. The van der Waals surface area contributed by atoms with Crippen LogP contribution in [0.4, 0.5) is 18.9 Å². The van der Waals surface area contributed by atoms with Gasteiger partial charge in [0.05, 0.1) is 33.2 Å². The summed E-state index contributed by atoms with van der Waals surface area (Å²) < 4.78 is 65.3. The summed E-state index contributed by atoms with van der Waals surface area (Å²) in [6.07, 6.45) is -3.23. The summed E-state index contributed by atoms with van der Waals surface area (Å²) in [6.45, 7) is -0.678. The average molecular weight is 444 g/mol. The number of anilines is 1. The molecule has 0 radical (unpaired) electrons. The highest BCUT2D eigenvalue weighted by atomic mass is 35.5. The van der Waals surface area contributed by atoms with E-state index in [2.05, 4.69) is 10.3 Å². The van der Waals surface area contributed by atoms with E-state index in [0.29, 0.717) is 22.7 Å². The second-order valence-electron chi connectivity index (χ2n) is 5.89. The molecule has 2 aromatic carbocycles. The number of carbonyl (C=O) groups is 1. The Morgan fingerprint density at radius 1 is 1.10 bits per heavy atom. The highest BCUT2D eigenvalue weighted by Gasteiger charge is 2.34. The number of amides is 1. The Balaban J connectivity index is 1.74. The number of halogens is 4. The normalized spacial score (nSPS) is 12.1. The number of sulfonamides is 1. The van der Waals surface area contributed by atoms with Crippen molar-refractivity contribution in [3.05, 3.63) is 65.3 Å². The molecule has 0 unspecified atom stereocenters. The molecule has 0 spiro atoms. The maximum absolute atomic E-state index is 12.9. The van der Waals surface area contributed by atoms with E-state index in [1.54, 1.807) is 36.5 Å². The van der Waals surface area contributed by atoms with Crippen molar-refractivity contribution < 1.29 is 26.4 Å². The topological polar surface area (TPSA) is 88.2 Å². The van der Waals surface area contributed by atoms with Crippen LogP contribution in [0.3, 0.4) is 0 Å². The summed E-state index contributed by atoms with van der Waals surface area (Å²) in [4.78, 5) is 15.6. The highest BCUT2D eigenvalue weighted by Crippen LogP contribution is 2.35. The maximum atomic E-state index is 12.9. The number of hydrogen-bond donors (Lipinski definition) is 2. The first-order valence-corrected chi connectivity index (χ1v) is 9.94. The van der Waals surface area contributed by atoms with Crippen molar-refractivity contribution in [2.75, 3.05) is 11.9 Å². The molecule has 1 amide bonds. The molecular weight excluding hydrogens is 431 g/mol. The second kappa shape index (κ2) is 7.97. The van der Waals surface area contributed by atoms with Crippen molar-refractivity contribution in [1.82, 2.24) is 9.71 Å². The van der Waals surface area contributed by atoms with Crippen molar-refractivity contribution in [2.45, 2.75) is 11.1 Å². The van der Waals surface area contributed by atoms with Gasteiger partial charge in [-0.1, -0.05) is 17.7 Å². The second-order valence-corrected chi connectivity index (χ2v) is 8.06. The molecule has 1 aromatic heterocycles. The van der Waals surface area contributed by atoms with Gasteiger partial charge in [0, 0.05) is 11.6 Å². The van der Waals surface area contributed by atoms with Crippen LogP contribution in [0.2, 0.25) is 5.02 Å². The van der Waals surface area contributed by atoms with Crippen LogP contribution in [-0.4, -0.2) is 25.9 Å². The summed E-state index contributed by atoms with van der Waals surface area (Å²) in [6, 6.07) is 10.6. The van der Waals surface area contributed by atoms with Crippen LogP contribution in [0.15, 0.2) is 59.6 Å². The first-order valence-electron chi connectivity index (χ1n) is 8.08. The van der Waals surface area contributed by atoms with E-state index in [9.17, 15) is 26.4 Å². The Morgan fingerprint density at radius 3 is 2.59 bits per heavy atom. The van der Waals surface area contributed by atoms with Crippen molar-refractivity contribution in [2.24, 2.45) is 0 Å². The van der Waals surface area contributed by atoms with Crippen molar-refractivity contribution in [3.8, 4) is 0 Å². The summed E-state index contributed by atoms with van der Waals surface area (Å²) in [5.74, 6) is -0.699. The number of pyridine rings is 1. The van der Waals surface area contributed by atoms with Gasteiger partial charge in [-0.3, -0.25) is 9.78 Å². The minimum absolute atomic E-state index is 0.416. The third-order valence-electron chi connectivity index (χ3n) is 3.90. The van der Waals surface area contributed by atoms with Gasteiger partial charge in [-0.2, -0.15) is 13.2 Å². The Kier molecular flexibility index (Phi) is 5.78. The van der Waals surface area contributed by atoms with Crippen molar-refractivity contribution in [1.29, 1.82) is 0 Å². The predicted molar refractivity (Wildman–Crippen MR) is 102 cm³/mol. The smallest absolute Gasteiger partial charge is 0.324 e. The molecule has 0 saturated carbocycles. The lowest BCUT2D eigenvalue weighted by Crippen LogP contribution is -2.33. The number of fused-ring (bicyclic) bond motifs is 1. The van der Waals surface area contributed by atoms with Gasteiger partial charge in [0.25, 0.3) is 0 Å². The fraction of sp³-hybridized carbons (Fsp3) is 0.111. The number of hydrogen-bond acceptors (Lipinski definition) is 4. The Hall–Kier alpha value is -2.69. The van der Waals surface area contributed by atoms with Crippen molar-refractivity contribution in [3.63, 3.8) is 0 Å². The molecule has 2 N–H and O–H groups in total. The largest absolute Gasteiger partial charge is 0.417 e. The zero-order chi connectivity index (χ0) is 21.2. The molecule has 152 valence electrons.